The Morgan fingerprint density at radius 1 is 1.45 bits per heavy atom. The number of nitrogens with one attached hydrogen (secondary N) is 1. The molecule has 1 atom stereocenters. The fourth-order valence-corrected chi connectivity index (χ4v) is 2.47. The van der Waals surface area contributed by atoms with E-state index >= 15 is 0 Å². The molecule has 0 fully saturated rings. The molecule has 3 rings (SSSR count). The average Bonchev–Trinajstić information content (AvgIpc) is 3.04. The first kappa shape index (κ1) is 14.4. The molecule has 1 aliphatic heterocycles. The van der Waals surface area contributed by atoms with Gasteiger partial charge in [-0.05, 0) is 31.0 Å². The lowest BCUT2D eigenvalue weighted by atomic mass is 10.1. The van der Waals surface area contributed by atoms with E-state index in [-0.39, 0.29) is 6.10 Å². The Hall–Kier alpha value is -2.50. The third-order valence-electron chi connectivity index (χ3n) is 3.63. The van der Waals surface area contributed by atoms with Crippen molar-refractivity contribution in [3.63, 3.8) is 0 Å². The van der Waals surface area contributed by atoms with E-state index in [1.807, 2.05) is 30.7 Å². The topological polar surface area (TPSA) is 77.5 Å². The van der Waals surface area contributed by atoms with Crippen molar-refractivity contribution in [2.24, 2.45) is 4.99 Å². The number of nitrogens with two attached hydrogens (primary N) is 1. The molecule has 3 N–H and O–H groups in total. The molecule has 0 saturated carbocycles. The van der Waals surface area contributed by atoms with Gasteiger partial charge in [-0.25, -0.2) is 4.98 Å². The van der Waals surface area contributed by atoms with E-state index in [4.69, 9.17) is 10.5 Å². The van der Waals surface area contributed by atoms with Gasteiger partial charge in [0.25, 0.3) is 0 Å². The van der Waals surface area contributed by atoms with Crippen LogP contribution in [-0.4, -0.2) is 28.0 Å². The van der Waals surface area contributed by atoms with Gasteiger partial charge in [0.2, 0.25) is 0 Å². The molecule has 2 aromatic rings. The number of aryl methyl sites for hydroxylation is 1. The van der Waals surface area contributed by atoms with E-state index in [2.05, 4.69) is 26.8 Å². The van der Waals surface area contributed by atoms with Gasteiger partial charge in [0, 0.05) is 31.2 Å². The summed E-state index contributed by atoms with van der Waals surface area (Å²) in [6.45, 7) is 3.76. The summed E-state index contributed by atoms with van der Waals surface area (Å²) in [6.07, 6.45) is 7.38. The Labute approximate surface area is 130 Å². The van der Waals surface area contributed by atoms with Crippen LogP contribution in [0, 0.1) is 0 Å². The van der Waals surface area contributed by atoms with E-state index in [0.717, 1.165) is 43.2 Å². The number of aromatic nitrogens is 2. The molecule has 1 aliphatic rings. The second-order valence-electron chi connectivity index (χ2n) is 5.32. The number of anilines is 2. The number of amidine groups is 1. The Bertz CT molecular complexity index is 651. The van der Waals surface area contributed by atoms with Crippen LogP contribution in [0.4, 0.5) is 11.4 Å². The molecule has 1 unspecified atom stereocenters. The number of fused-ring (bicyclic) bond motifs is 1. The summed E-state index contributed by atoms with van der Waals surface area (Å²) >= 11 is 0. The van der Waals surface area contributed by atoms with Crippen molar-refractivity contribution in [2.45, 2.75) is 32.4 Å². The number of benzene rings is 1. The smallest absolute Gasteiger partial charge is 0.155 e. The van der Waals surface area contributed by atoms with E-state index in [9.17, 15) is 0 Å². The first-order valence-electron chi connectivity index (χ1n) is 7.59. The monoisotopic (exact) mass is 299 g/mol. The first-order chi connectivity index (χ1) is 10.8. The van der Waals surface area contributed by atoms with Crippen LogP contribution in [0.15, 0.2) is 41.9 Å². The molecule has 6 heteroatoms. The zero-order valence-electron chi connectivity index (χ0n) is 12.7. The van der Waals surface area contributed by atoms with Crippen LogP contribution in [-0.2, 0) is 6.54 Å². The van der Waals surface area contributed by atoms with Gasteiger partial charge in [-0.15, -0.1) is 0 Å². The Balaban J connectivity index is 1.65. The predicted molar refractivity (Wildman–Crippen MR) is 88.3 cm³/mol. The summed E-state index contributed by atoms with van der Waals surface area (Å²) in [4.78, 5) is 8.70. The maximum atomic E-state index is 5.99. The van der Waals surface area contributed by atoms with Crippen LogP contribution in [0.1, 0.15) is 19.8 Å². The van der Waals surface area contributed by atoms with Crippen molar-refractivity contribution >= 4 is 17.2 Å². The van der Waals surface area contributed by atoms with Gasteiger partial charge in [-0.1, -0.05) is 6.92 Å². The van der Waals surface area contributed by atoms with Crippen molar-refractivity contribution < 1.29 is 4.74 Å². The van der Waals surface area contributed by atoms with Gasteiger partial charge in [0.1, 0.15) is 11.6 Å². The lowest BCUT2D eigenvalue weighted by Gasteiger charge is -2.28. The quantitative estimate of drug-likeness (QED) is 0.657. The van der Waals surface area contributed by atoms with Crippen molar-refractivity contribution in [3.8, 4) is 5.75 Å². The van der Waals surface area contributed by atoms with Crippen LogP contribution in [0.25, 0.3) is 0 Å². The van der Waals surface area contributed by atoms with Gasteiger partial charge in [0.05, 0.1) is 12.0 Å². The van der Waals surface area contributed by atoms with Gasteiger partial charge < -0.3 is 20.4 Å². The lowest BCUT2D eigenvalue weighted by molar-refractivity contribution is 0.258. The molecule has 1 aromatic carbocycles. The van der Waals surface area contributed by atoms with Crippen LogP contribution in [0.3, 0.4) is 0 Å². The van der Waals surface area contributed by atoms with Gasteiger partial charge in [0.15, 0.2) is 6.10 Å². The zero-order chi connectivity index (χ0) is 15.4. The maximum Gasteiger partial charge on any atom is 0.155 e. The molecular formula is C16H21N5O. The number of rotatable bonds is 5. The molecule has 0 bridgehead atoms. The standard InChI is InChI=1S/C16H21N5O/c1-2-14-16(19-6-3-8-21-9-7-18-11-21)20-13-10-12(17)4-5-15(13)22-14/h4-5,7,9-11,14H,2-3,6,8,17H2,1H3,(H,19,20). The number of hydrogen-bond acceptors (Lipinski definition) is 4. The van der Waals surface area contributed by atoms with Crippen molar-refractivity contribution in [1.29, 1.82) is 0 Å². The van der Waals surface area contributed by atoms with Gasteiger partial charge in [-0.3, -0.25) is 4.99 Å². The highest BCUT2D eigenvalue weighted by Gasteiger charge is 2.24. The number of aliphatic imine (C=N–C) groups is 1. The minimum absolute atomic E-state index is 0.0237. The highest BCUT2D eigenvalue weighted by atomic mass is 16.5. The number of hydrogen-bond donors (Lipinski definition) is 2. The number of nitrogens with zero attached hydrogens (tertiary/aromatic N) is 3. The molecule has 6 nitrogen and oxygen atoms in total. The summed E-state index contributed by atoms with van der Waals surface area (Å²) in [5.41, 5.74) is 7.43. The van der Waals surface area contributed by atoms with Crippen molar-refractivity contribution in [1.82, 2.24) is 9.55 Å². The summed E-state index contributed by atoms with van der Waals surface area (Å²) < 4.78 is 8.04. The molecule has 0 amide bonds. The fraction of sp³-hybridized carbons (Fsp3) is 0.375. The zero-order valence-corrected chi connectivity index (χ0v) is 12.7. The highest BCUT2D eigenvalue weighted by Crippen LogP contribution is 2.32. The molecule has 0 saturated heterocycles. The number of imidazole rings is 1. The minimum Gasteiger partial charge on any atom is -0.480 e. The van der Waals surface area contributed by atoms with Gasteiger partial charge in [-0.2, -0.15) is 0 Å². The lowest BCUT2D eigenvalue weighted by Crippen LogP contribution is -2.37. The molecule has 22 heavy (non-hydrogen) atoms. The largest absolute Gasteiger partial charge is 0.480 e. The van der Waals surface area contributed by atoms with Crippen molar-refractivity contribution in [2.75, 3.05) is 17.6 Å². The molecular weight excluding hydrogens is 278 g/mol. The number of nitrogen functional groups attached to an aromatic ring is 1. The summed E-state index contributed by atoms with van der Waals surface area (Å²) in [7, 11) is 0. The van der Waals surface area contributed by atoms with Crippen LogP contribution >= 0.6 is 0 Å². The predicted octanol–water partition coefficient (Wildman–Crippen LogP) is 2.54. The maximum absolute atomic E-state index is 5.99. The van der Waals surface area contributed by atoms with E-state index in [1.165, 1.54) is 0 Å². The average molecular weight is 299 g/mol. The first-order valence-corrected chi connectivity index (χ1v) is 7.59. The molecule has 2 heterocycles. The normalized spacial score (nSPS) is 18.6. The van der Waals surface area contributed by atoms with Gasteiger partial charge >= 0.3 is 0 Å². The molecule has 0 spiro atoms. The van der Waals surface area contributed by atoms with Crippen LogP contribution < -0.4 is 15.8 Å². The second kappa shape index (κ2) is 6.51. The third kappa shape index (κ3) is 3.21. The second-order valence-corrected chi connectivity index (χ2v) is 5.32. The highest BCUT2D eigenvalue weighted by molar-refractivity contribution is 6.02. The molecule has 116 valence electrons. The SMILES string of the molecule is CCC1Oc2ccc(N)cc2NC1=NCCCn1ccnc1. The Morgan fingerprint density at radius 3 is 3.14 bits per heavy atom. The summed E-state index contributed by atoms with van der Waals surface area (Å²) in [5, 5.41) is 3.36. The van der Waals surface area contributed by atoms with E-state index in [0.29, 0.717) is 5.69 Å². The van der Waals surface area contributed by atoms with E-state index in [1.54, 1.807) is 6.20 Å². The summed E-state index contributed by atoms with van der Waals surface area (Å²) in [6, 6.07) is 5.62. The summed E-state index contributed by atoms with van der Waals surface area (Å²) in [5.74, 6) is 1.71. The number of ether oxygens (including phenoxy) is 1. The Kier molecular flexibility index (Phi) is 4.27. The molecule has 0 radical (unpaired) electrons. The van der Waals surface area contributed by atoms with Crippen LogP contribution in [0.2, 0.25) is 0 Å². The fourth-order valence-electron chi connectivity index (χ4n) is 2.47. The molecule has 0 aliphatic carbocycles. The third-order valence-corrected chi connectivity index (χ3v) is 3.63. The minimum atomic E-state index is -0.0237. The van der Waals surface area contributed by atoms with Crippen molar-refractivity contribution in [3.05, 3.63) is 36.9 Å². The Morgan fingerprint density at radius 2 is 2.36 bits per heavy atom. The molecule has 1 aromatic heterocycles. The van der Waals surface area contributed by atoms with E-state index < -0.39 is 0 Å². The van der Waals surface area contributed by atoms with Crippen LogP contribution in [0.5, 0.6) is 5.75 Å².